The van der Waals surface area contributed by atoms with Crippen LogP contribution in [0.4, 0.5) is 4.39 Å². The van der Waals surface area contributed by atoms with E-state index in [1.807, 2.05) is 73.9 Å². The molecule has 5 aromatic rings. The lowest BCUT2D eigenvalue weighted by Gasteiger charge is -2.50. The van der Waals surface area contributed by atoms with Gasteiger partial charge in [0.2, 0.25) is 23.6 Å². The minimum absolute atomic E-state index is 0.00154. The molecule has 0 saturated carbocycles. The fraction of sp³-hybridized carbons (Fsp3) is 0.400. The lowest BCUT2D eigenvalue weighted by Crippen LogP contribution is -2.65. The SMILES string of the molecule is Cc1cccc(C[C@@H]2CC(=O)N(Cc3c(F)cc(Cl)cc3Oc3ccc(-c4cnc(CN(C)C)n4C)cc3)[C@@H](C)C(=O)N[C@@H](CO)C(=O)N(C)[C@@]3(Cc4ccc(Cl)cc4)CCCN(C3)C2=O)n1. The third kappa shape index (κ3) is 11.3. The molecule has 0 radical (unpaired) electrons. The van der Waals surface area contributed by atoms with Gasteiger partial charge in [0.25, 0.3) is 0 Å². The molecule has 67 heavy (non-hydrogen) atoms. The van der Waals surface area contributed by atoms with Crippen molar-refractivity contribution in [3.8, 4) is 22.8 Å². The molecule has 2 aliphatic rings. The van der Waals surface area contributed by atoms with Gasteiger partial charge in [0.1, 0.15) is 35.2 Å². The lowest BCUT2D eigenvalue weighted by atomic mass is 9.80. The van der Waals surface area contributed by atoms with Crippen LogP contribution >= 0.6 is 23.2 Å². The normalized spacial score (nSPS) is 20.9. The number of hydrogen-bond acceptors (Lipinski definition) is 9. The van der Waals surface area contributed by atoms with Gasteiger partial charge in [0, 0.05) is 72.6 Å². The summed E-state index contributed by atoms with van der Waals surface area (Å²) in [5, 5.41) is 13.9. The van der Waals surface area contributed by atoms with E-state index in [0.717, 1.165) is 34.4 Å². The summed E-state index contributed by atoms with van der Waals surface area (Å²) in [5.74, 6) is -2.83. The number of aryl methyl sites for hydroxylation is 1. The molecule has 4 heterocycles. The number of aromatic nitrogens is 3. The highest BCUT2D eigenvalue weighted by Gasteiger charge is 2.46. The van der Waals surface area contributed by atoms with Gasteiger partial charge in [-0.3, -0.25) is 24.2 Å². The fourth-order valence-corrected chi connectivity index (χ4v) is 9.43. The maximum absolute atomic E-state index is 16.3. The van der Waals surface area contributed by atoms with Crippen LogP contribution in [0.15, 0.2) is 85.1 Å². The van der Waals surface area contributed by atoms with Crippen molar-refractivity contribution in [3.05, 3.63) is 129 Å². The number of carbonyl (C=O) groups excluding carboxylic acids is 4. The van der Waals surface area contributed by atoms with Crippen molar-refractivity contribution in [3.63, 3.8) is 0 Å². The molecule has 0 spiro atoms. The van der Waals surface area contributed by atoms with Crippen molar-refractivity contribution in [2.75, 3.05) is 40.8 Å². The topological polar surface area (TPSA) is 153 Å². The number of halogens is 3. The first-order chi connectivity index (χ1) is 31.9. The molecule has 2 bridgehead atoms. The van der Waals surface area contributed by atoms with Crippen LogP contribution in [0.1, 0.15) is 54.5 Å². The Hall–Kier alpha value is -5.87. The minimum atomic E-state index is -1.41. The highest BCUT2D eigenvalue weighted by Crippen LogP contribution is 2.36. The molecular formula is C50H57Cl2FN8O6. The second-order valence-corrected chi connectivity index (χ2v) is 18.8. The number of pyridine rings is 1. The molecule has 17 heteroatoms. The average Bonchev–Trinajstić information content (AvgIpc) is 3.65. The quantitative estimate of drug-likeness (QED) is 0.141. The number of imidazole rings is 1. The summed E-state index contributed by atoms with van der Waals surface area (Å²) >= 11 is 12.7. The summed E-state index contributed by atoms with van der Waals surface area (Å²) in [7, 11) is 7.51. The maximum atomic E-state index is 16.3. The lowest BCUT2D eigenvalue weighted by molar-refractivity contribution is -0.152. The van der Waals surface area contributed by atoms with Crippen LogP contribution in [0.5, 0.6) is 11.5 Å². The minimum Gasteiger partial charge on any atom is -0.457 e. The van der Waals surface area contributed by atoms with Gasteiger partial charge in [0.15, 0.2) is 0 Å². The monoisotopic (exact) mass is 954 g/mol. The van der Waals surface area contributed by atoms with E-state index in [2.05, 4.69) is 15.3 Å². The van der Waals surface area contributed by atoms with Crippen molar-refractivity contribution < 1.29 is 33.4 Å². The van der Waals surface area contributed by atoms with E-state index in [0.29, 0.717) is 48.8 Å². The Labute approximate surface area is 400 Å². The van der Waals surface area contributed by atoms with Gasteiger partial charge in [0.05, 0.1) is 43.0 Å². The Morgan fingerprint density at radius 3 is 2.39 bits per heavy atom. The van der Waals surface area contributed by atoms with Crippen LogP contribution in [-0.2, 0) is 52.2 Å². The number of aliphatic hydroxyl groups excluding tert-OH is 1. The van der Waals surface area contributed by atoms with Gasteiger partial charge in [-0.25, -0.2) is 9.37 Å². The largest absolute Gasteiger partial charge is 0.457 e. The molecule has 2 saturated heterocycles. The van der Waals surface area contributed by atoms with E-state index >= 15 is 9.18 Å². The number of fused-ring (bicyclic) bond motifs is 2. The average molecular weight is 956 g/mol. The number of ether oxygens (including phenoxy) is 1. The highest BCUT2D eigenvalue weighted by atomic mass is 35.5. The van der Waals surface area contributed by atoms with Gasteiger partial charge >= 0.3 is 0 Å². The summed E-state index contributed by atoms with van der Waals surface area (Å²) in [6, 6.07) is 19.7. The van der Waals surface area contributed by atoms with Gasteiger partial charge < -0.3 is 39.3 Å². The second-order valence-electron chi connectivity index (χ2n) is 18.0. The standard InChI is InChI=1S/C50H57Cl2FN8O6/c1-31-9-7-10-38(55-31)21-35-22-46(63)61(27-40-41(53)23-37(52)24-44(40)67-39-17-13-34(14-18-39)43-26-54-45(58(43)5)28-57(3)4)32(2)47(64)56-42(29-62)49(66)59(6)50(19-8-20-60(30-50)48(35)65)25-33-11-15-36(51)16-12-33/h7,9-18,23-24,26,32,35,42,62H,8,19-22,25,27-30H2,1-6H3,(H,56,64)/t32-,35+,42-,50+/m0/s1. The Morgan fingerprint density at radius 2 is 1.70 bits per heavy atom. The predicted molar refractivity (Wildman–Crippen MR) is 254 cm³/mol. The smallest absolute Gasteiger partial charge is 0.247 e. The molecule has 3 aromatic carbocycles. The highest BCUT2D eigenvalue weighted by molar-refractivity contribution is 6.31. The van der Waals surface area contributed by atoms with Crippen LogP contribution in [0.25, 0.3) is 11.3 Å². The van der Waals surface area contributed by atoms with Crippen LogP contribution in [0, 0.1) is 18.7 Å². The Morgan fingerprint density at radius 1 is 0.970 bits per heavy atom. The van der Waals surface area contributed by atoms with Gasteiger partial charge in [-0.05, 0) is 113 Å². The summed E-state index contributed by atoms with van der Waals surface area (Å²) in [4.78, 5) is 74.5. The molecule has 0 aliphatic carbocycles. The summed E-state index contributed by atoms with van der Waals surface area (Å²) in [6.07, 6.45) is 2.93. The number of nitrogens with zero attached hydrogens (tertiary/aromatic N) is 7. The summed E-state index contributed by atoms with van der Waals surface area (Å²) in [5.41, 5.74) is 2.92. The van der Waals surface area contributed by atoms with E-state index in [1.165, 1.54) is 22.8 Å². The third-order valence-corrected chi connectivity index (χ3v) is 13.3. The van der Waals surface area contributed by atoms with Crippen LogP contribution in [-0.4, -0.2) is 121 Å². The first-order valence-corrected chi connectivity index (χ1v) is 23.1. The summed E-state index contributed by atoms with van der Waals surface area (Å²) < 4.78 is 24.6. The van der Waals surface area contributed by atoms with E-state index in [9.17, 15) is 19.5 Å². The van der Waals surface area contributed by atoms with Crippen molar-refractivity contribution in [2.45, 2.75) is 76.7 Å². The molecule has 14 nitrogen and oxygen atoms in total. The van der Waals surface area contributed by atoms with E-state index in [4.69, 9.17) is 27.9 Å². The number of rotatable bonds is 12. The fourth-order valence-electron chi connectivity index (χ4n) is 9.11. The number of nitrogens with one attached hydrogen (secondary N) is 1. The van der Waals surface area contributed by atoms with Crippen LogP contribution in [0.2, 0.25) is 10.0 Å². The number of amides is 4. The van der Waals surface area contributed by atoms with Crippen LogP contribution in [0.3, 0.4) is 0 Å². The molecule has 0 unspecified atom stereocenters. The van der Waals surface area contributed by atoms with Crippen LogP contribution < -0.4 is 10.1 Å². The first kappa shape index (κ1) is 49.0. The van der Waals surface area contributed by atoms with Crippen molar-refractivity contribution in [1.82, 2.24) is 39.5 Å². The zero-order valence-electron chi connectivity index (χ0n) is 38.6. The third-order valence-electron chi connectivity index (χ3n) is 12.9. The number of benzene rings is 3. The van der Waals surface area contributed by atoms with Crippen molar-refractivity contribution in [2.24, 2.45) is 13.0 Å². The molecule has 354 valence electrons. The number of piperidine rings is 1. The van der Waals surface area contributed by atoms with E-state index in [-0.39, 0.29) is 41.6 Å². The molecule has 4 amide bonds. The number of likely N-dealkylation sites (N-methyl/N-ethyl adjacent to an activating group) is 1. The first-order valence-electron chi connectivity index (χ1n) is 22.3. The molecule has 2 N–H and O–H groups in total. The predicted octanol–water partition coefficient (Wildman–Crippen LogP) is 6.61. The van der Waals surface area contributed by atoms with Crippen molar-refractivity contribution in [1.29, 1.82) is 0 Å². The van der Waals surface area contributed by atoms with Gasteiger partial charge in [-0.2, -0.15) is 0 Å². The molecular weight excluding hydrogens is 899 g/mol. The zero-order chi connectivity index (χ0) is 48.2. The Bertz CT molecular complexity index is 2610. The molecule has 2 aliphatic heterocycles. The molecule has 2 aromatic heterocycles. The zero-order valence-corrected chi connectivity index (χ0v) is 40.2. The maximum Gasteiger partial charge on any atom is 0.247 e. The second kappa shape index (κ2) is 21.0. The van der Waals surface area contributed by atoms with Gasteiger partial charge in [-0.15, -0.1) is 0 Å². The molecule has 7 rings (SSSR count). The number of aliphatic hydroxyl groups is 1. The number of carbonyl (C=O) groups is 4. The van der Waals surface area contributed by atoms with E-state index < -0.39 is 60.2 Å². The Balaban J connectivity index is 1.25. The summed E-state index contributed by atoms with van der Waals surface area (Å²) in [6.45, 7) is 3.20. The van der Waals surface area contributed by atoms with Crippen molar-refractivity contribution >= 4 is 46.8 Å². The van der Waals surface area contributed by atoms with E-state index in [1.54, 1.807) is 48.5 Å². The number of hydrogen-bond donors (Lipinski definition) is 2. The Kier molecular flexibility index (Phi) is 15.3. The molecule has 2 fully saturated rings. The van der Waals surface area contributed by atoms with Gasteiger partial charge in [-0.1, -0.05) is 41.4 Å². The molecule has 4 atom stereocenters.